The van der Waals surface area contributed by atoms with Crippen LogP contribution in [0, 0.1) is 0 Å². The summed E-state index contributed by atoms with van der Waals surface area (Å²) in [6, 6.07) is 0. The number of phosphoric acid groups is 1. The maximum absolute atomic E-state index is 12.9. The van der Waals surface area contributed by atoms with Crippen LogP contribution >= 0.6 is 7.82 Å². The van der Waals surface area contributed by atoms with E-state index in [1.807, 2.05) is 0 Å². The molecule has 0 heterocycles. The Labute approximate surface area is 463 Å². The molecule has 0 saturated carbocycles. The number of carbonyl (C=O) groups is 3. The number of hydrogen-bond donors (Lipinski definition) is 2. The van der Waals surface area contributed by atoms with Gasteiger partial charge in [0.25, 0.3) is 0 Å². The lowest BCUT2D eigenvalue weighted by Gasteiger charge is -2.21. The maximum Gasteiger partial charge on any atom is 0.472 e. The summed E-state index contributed by atoms with van der Waals surface area (Å²) in [5.74, 6) is -1.56. The summed E-state index contributed by atoms with van der Waals surface area (Å²) in [5, 5.41) is 9.83. The average Bonchev–Trinajstić information content (AvgIpc) is 3.41. The van der Waals surface area contributed by atoms with Crippen molar-refractivity contribution in [1.29, 1.82) is 0 Å². The number of allylic oxidation sites excluding steroid dienone is 18. The van der Waals surface area contributed by atoms with Crippen molar-refractivity contribution < 1.29 is 52.2 Å². The lowest BCUT2D eigenvalue weighted by Crippen LogP contribution is -2.30. The summed E-state index contributed by atoms with van der Waals surface area (Å²) >= 11 is 0. The Hall–Kier alpha value is -3.86. The number of aliphatic hydroxyl groups excluding tert-OH is 1. The van der Waals surface area contributed by atoms with Crippen molar-refractivity contribution in [2.24, 2.45) is 0 Å². The summed E-state index contributed by atoms with van der Waals surface area (Å²) in [7, 11) is -4.77. The average molecular weight is 1080 g/mol. The van der Waals surface area contributed by atoms with Gasteiger partial charge in [-0.2, -0.15) is 0 Å². The third-order valence-electron chi connectivity index (χ3n) is 12.2. The normalized spacial score (nSPS) is 14.1. The molecule has 0 rings (SSSR count). The summed E-state index contributed by atoms with van der Waals surface area (Å²) in [6.45, 7) is 4.34. The molecule has 0 bridgehead atoms. The van der Waals surface area contributed by atoms with Gasteiger partial charge in [0.1, 0.15) is 12.7 Å². The highest BCUT2D eigenvalue weighted by Crippen LogP contribution is 2.43. The minimum Gasteiger partial charge on any atom is -0.462 e. The molecule has 0 aromatic carbocycles. The predicted octanol–water partition coefficient (Wildman–Crippen LogP) is 17.8. The van der Waals surface area contributed by atoms with Gasteiger partial charge in [-0.05, 0) is 103 Å². The van der Waals surface area contributed by atoms with Crippen LogP contribution in [0.15, 0.2) is 109 Å². The second-order valence-corrected chi connectivity index (χ2v) is 20.9. The van der Waals surface area contributed by atoms with Crippen molar-refractivity contribution in [3.63, 3.8) is 0 Å². The third-order valence-corrected chi connectivity index (χ3v) is 13.1. The number of aliphatic hydroxyl groups is 1. The monoisotopic (exact) mass is 1080 g/mol. The van der Waals surface area contributed by atoms with Crippen LogP contribution in [0.2, 0.25) is 0 Å². The summed E-state index contributed by atoms with van der Waals surface area (Å²) in [5.41, 5.74) is 0. The maximum atomic E-state index is 12.9. The summed E-state index contributed by atoms with van der Waals surface area (Å²) in [6.07, 6.45) is 69.1. The Balaban J connectivity index is 4.82. The van der Waals surface area contributed by atoms with Crippen LogP contribution in [0.25, 0.3) is 0 Å². The Kier molecular flexibility index (Phi) is 54.4. The molecule has 0 aliphatic rings. The molecule has 0 fully saturated rings. The van der Waals surface area contributed by atoms with Crippen LogP contribution in [0.3, 0.4) is 0 Å². The number of carbonyl (C=O) groups excluding carboxylic acids is 3. The molecule has 12 heteroatoms. The van der Waals surface area contributed by atoms with Gasteiger partial charge < -0.3 is 24.2 Å². The lowest BCUT2D eigenvalue weighted by atomic mass is 10.0. The number of phosphoric ester groups is 1. The molecule has 434 valence electrons. The molecule has 0 amide bonds. The minimum absolute atomic E-state index is 0.103. The Morgan fingerprint density at radius 1 is 0.382 bits per heavy atom. The van der Waals surface area contributed by atoms with Crippen LogP contribution in [-0.2, 0) is 42.2 Å². The molecule has 11 nitrogen and oxygen atoms in total. The van der Waals surface area contributed by atoms with E-state index in [2.05, 4.69) is 130 Å². The van der Waals surface area contributed by atoms with Gasteiger partial charge >= 0.3 is 25.7 Å². The van der Waals surface area contributed by atoms with Crippen molar-refractivity contribution in [3.05, 3.63) is 109 Å². The van der Waals surface area contributed by atoms with Gasteiger partial charge in [0.15, 0.2) is 6.10 Å². The second-order valence-electron chi connectivity index (χ2n) is 19.4. The fourth-order valence-corrected chi connectivity index (χ4v) is 8.51. The first kappa shape index (κ1) is 72.1. The largest absolute Gasteiger partial charge is 0.472 e. The highest BCUT2D eigenvalue weighted by atomic mass is 31.2. The van der Waals surface area contributed by atoms with E-state index in [4.69, 9.17) is 23.3 Å². The van der Waals surface area contributed by atoms with Gasteiger partial charge in [-0.15, -0.1) is 0 Å². The van der Waals surface area contributed by atoms with Gasteiger partial charge in [-0.25, -0.2) is 4.57 Å². The standard InChI is InChI=1S/C64H107O11P/c1-4-7-10-13-16-19-22-25-28-29-30-31-34-35-38-41-44-47-50-53-62(66)71-57-61(75-64(68)55-52-49-46-43-40-37-33-27-24-21-18-15-12-9-6-3)59-73-76(69,70)72-58-60(56-65)74-63(67)54-51-48-45-42-39-36-32-26-23-20-17-14-11-8-5-2/h7,9-10,12,16,18-19,21,25,27-28,30-31,33,35,38,40,43,60-61,65H,4-6,8,11,13-15,17,20,22-24,26,29,32,34,36-37,39,41-42,44-59H2,1-3H3,(H,69,70)/b10-7-,12-9-,19-16-,21-18-,28-25-,31-30-,33-27-,38-35-,43-40-. The van der Waals surface area contributed by atoms with Crippen LogP contribution in [-0.4, -0.2) is 66.5 Å². The molecule has 0 spiro atoms. The second kappa shape index (κ2) is 57.3. The summed E-state index contributed by atoms with van der Waals surface area (Å²) < 4.78 is 39.5. The van der Waals surface area contributed by atoms with Crippen molar-refractivity contribution in [2.75, 3.05) is 26.4 Å². The number of unbranched alkanes of at least 4 members (excludes halogenated alkanes) is 19. The van der Waals surface area contributed by atoms with Crippen LogP contribution in [0.1, 0.15) is 239 Å². The van der Waals surface area contributed by atoms with Gasteiger partial charge in [0.05, 0.1) is 19.8 Å². The van der Waals surface area contributed by atoms with E-state index in [0.717, 1.165) is 109 Å². The smallest absolute Gasteiger partial charge is 0.462 e. The molecule has 0 saturated heterocycles. The number of hydrogen-bond acceptors (Lipinski definition) is 10. The zero-order chi connectivity index (χ0) is 55.5. The van der Waals surface area contributed by atoms with E-state index in [9.17, 15) is 28.9 Å². The first-order valence-electron chi connectivity index (χ1n) is 29.8. The van der Waals surface area contributed by atoms with E-state index < -0.39 is 57.8 Å². The van der Waals surface area contributed by atoms with Crippen LogP contribution in [0.4, 0.5) is 0 Å². The Morgan fingerprint density at radius 2 is 0.684 bits per heavy atom. The van der Waals surface area contributed by atoms with Gasteiger partial charge in [0.2, 0.25) is 0 Å². The number of ether oxygens (including phenoxy) is 3. The Bertz CT molecular complexity index is 1690. The fourth-order valence-electron chi connectivity index (χ4n) is 7.73. The topological polar surface area (TPSA) is 155 Å². The predicted molar refractivity (Wildman–Crippen MR) is 316 cm³/mol. The summed E-state index contributed by atoms with van der Waals surface area (Å²) in [4.78, 5) is 48.6. The van der Waals surface area contributed by atoms with Crippen molar-refractivity contribution in [1.82, 2.24) is 0 Å². The van der Waals surface area contributed by atoms with E-state index in [1.54, 1.807) is 0 Å². The van der Waals surface area contributed by atoms with Crippen LogP contribution < -0.4 is 0 Å². The molecule has 3 unspecified atom stereocenters. The van der Waals surface area contributed by atoms with E-state index in [-0.39, 0.29) is 25.9 Å². The molecule has 0 aliphatic heterocycles. The zero-order valence-electron chi connectivity index (χ0n) is 47.9. The fraction of sp³-hybridized carbons (Fsp3) is 0.672. The van der Waals surface area contributed by atoms with E-state index in [0.29, 0.717) is 19.3 Å². The van der Waals surface area contributed by atoms with Gasteiger partial charge in [-0.3, -0.25) is 23.4 Å². The highest BCUT2D eigenvalue weighted by molar-refractivity contribution is 7.47. The zero-order valence-corrected chi connectivity index (χ0v) is 48.8. The van der Waals surface area contributed by atoms with Gasteiger partial charge in [-0.1, -0.05) is 226 Å². The molecule has 3 atom stereocenters. The quantitative estimate of drug-likeness (QED) is 0.0197. The minimum atomic E-state index is -4.77. The third kappa shape index (κ3) is 54.9. The van der Waals surface area contributed by atoms with E-state index in [1.165, 1.54) is 70.6 Å². The highest BCUT2D eigenvalue weighted by Gasteiger charge is 2.28. The van der Waals surface area contributed by atoms with Crippen LogP contribution in [0.5, 0.6) is 0 Å². The molecule has 0 aliphatic carbocycles. The molecular formula is C64H107O11P. The Morgan fingerprint density at radius 3 is 1.08 bits per heavy atom. The van der Waals surface area contributed by atoms with Crippen molar-refractivity contribution in [3.8, 4) is 0 Å². The molecule has 2 N–H and O–H groups in total. The van der Waals surface area contributed by atoms with Crippen molar-refractivity contribution in [2.45, 2.75) is 251 Å². The first-order valence-corrected chi connectivity index (χ1v) is 31.3. The SMILES string of the molecule is CC/C=C\C/C=C\C/C=C\C/C=C\C/C=C\CCCCCC(=O)OCC(COP(=O)(O)OCC(CO)OC(=O)CCCCCCCCCCCCCCCCC)OC(=O)CCCC/C=C\C/C=C\C/C=C\C/C=C\CC. The molecular weight excluding hydrogens is 976 g/mol. The lowest BCUT2D eigenvalue weighted by molar-refractivity contribution is -0.161. The number of rotatable bonds is 54. The van der Waals surface area contributed by atoms with Gasteiger partial charge in [0, 0.05) is 19.3 Å². The first-order chi connectivity index (χ1) is 37.2. The molecule has 0 aromatic rings. The van der Waals surface area contributed by atoms with E-state index >= 15 is 0 Å². The van der Waals surface area contributed by atoms with Crippen molar-refractivity contribution >= 4 is 25.7 Å². The number of esters is 3. The molecule has 0 radical (unpaired) electrons. The molecule has 76 heavy (non-hydrogen) atoms. The molecule has 0 aromatic heterocycles.